The minimum atomic E-state index is -0.697. The summed E-state index contributed by atoms with van der Waals surface area (Å²) in [4.78, 5) is 31.5. The third kappa shape index (κ3) is 4.22. The van der Waals surface area contributed by atoms with Gasteiger partial charge in [-0.05, 0) is 55.3 Å². The van der Waals surface area contributed by atoms with E-state index in [-0.39, 0.29) is 17.9 Å². The van der Waals surface area contributed by atoms with Gasteiger partial charge in [0.1, 0.15) is 5.75 Å². The minimum Gasteiger partial charge on any atom is -0.504 e. The number of methoxy groups -OCH3 is 2. The molecule has 9 heteroatoms. The fourth-order valence-corrected chi connectivity index (χ4v) is 4.88. The van der Waals surface area contributed by atoms with E-state index in [2.05, 4.69) is 4.99 Å². The molecule has 8 nitrogen and oxygen atoms in total. The Morgan fingerprint density at radius 2 is 1.91 bits per heavy atom. The standard InChI is InChI=1S/C25H24N2O6S/c1-5-33-24(30)21-14(2)26-25-27(22(21)16-7-9-17(31-3)10-8-16)23(29)20(34-25)13-15-6-11-18(28)19(12-15)32-4/h6-13,22,28H,5H2,1-4H3/b20-13+. The van der Waals surface area contributed by atoms with Crippen LogP contribution in [0.15, 0.2) is 63.5 Å². The van der Waals surface area contributed by atoms with Crippen molar-refractivity contribution < 1.29 is 24.1 Å². The number of nitrogens with zero attached hydrogens (tertiary/aromatic N) is 2. The quantitative estimate of drug-likeness (QED) is 0.545. The molecule has 2 aromatic carbocycles. The predicted octanol–water partition coefficient (Wildman–Crippen LogP) is 2.52. The van der Waals surface area contributed by atoms with Crippen molar-refractivity contribution in [2.75, 3.05) is 20.8 Å². The predicted molar refractivity (Wildman–Crippen MR) is 128 cm³/mol. The molecule has 1 aliphatic rings. The minimum absolute atomic E-state index is 0.00955. The van der Waals surface area contributed by atoms with Crippen LogP contribution >= 0.6 is 11.3 Å². The van der Waals surface area contributed by atoms with Gasteiger partial charge in [-0.25, -0.2) is 9.79 Å². The topological polar surface area (TPSA) is 99.4 Å². The summed E-state index contributed by atoms with van der Waals surface area (Å²) in [6, 6.07) is 11.4. The van der Waals surface area contributed by atoms with E-state index in [0.29, 0.717) is 37.7 Å². The summed E-state index contributed by atoms with van der Waals surface area (Å²) in [6.45, 7) is 3.68. The summed E-state index contributed by atoms with van der Waals surface area (Å²) < 4.78 is 17.7. The molecular weight excluding hydrogens is 456 g/mol. The number of rotatable bonds is 6. The number of aromatic nitrogens is 1. The number of carbonyl (C=O) groups is 1. The second-order valence-corrected chi connectivity index (χ2v) is 8.52. The molecule has 0 spiro atoms. The van der Waals surface area contributed by atoms with Crippen molar-refractivity contribution >= 4 is 23.4 Å². The first-order valence-electron chi connectivity index (χ1n) is 10.6. The molecule has 1 N–H and O–H groups in total. The maximum absolute atomic E-state index is 13.6. The van der Waals surface area contributed by atoms with Crippen molar-refractivity contribution in [3.63, 3.8) is 0 Å². The molecule has 0 fully saturated rings. The third-order valence-electron chi connectivity index (χ3n) is 5.45. The Hall–Kier alpha value is -3.85. The lowest BCUT2D eigenvalue weighted by atomic mass is 9.96. The van der Waals surface area contributed by atoms with Gasteiger partial charge in [-0.3, -0.25) is 9.36 Å². The van der Waals surface area contributed by atoms with E-state index in [9.17, 15) is 14.7 Å². The highest BCUT2D eigenvalue weighted by Gasteiger charge is 2.33. The molecule has 1 aliphatic heterocycles. The van der Waals surface area contributed by atoms with E-state index in [0.717, 1.165) is 5.56 Å². The number of esters is 1. The molecule has 1 atom stereocenters. The highest BCUT2D eigenvalue weighted by atomic mass is 32.1. The van der Waals surface area contributed by atoms with Crippen LogP contribution in [0.3, 0.4) is 0 Å². The molecule has 176 valence electrons. The molecule has 0 radical (unpaired) electrons. The zero-order chi connectivity index (χ0) is 24.4. The summed E-state index contributed by atoms with van der Waals surface area (Å²) in [5.74, 6) is 0.464. The fourth-order valence-electron chi connectivity index (χ4n) is 3.83. The van der Waals surface area contributed by atoms with Crippen LogP contribution in [0.25, 0.3) is 6.08 Å². The highest BCUT2D eigenvalue weighted by Crippen LogP contribution is 2.31. The first kappa shape index (κ1) is 23.3. The number of hydrogen-bond acceptors (Lipinski definition) is 8. The van der Waals surface area contributed by atoms with Gasteiger partial charge < -0.3 is 19.3 Å². The number of aromatic hydroxyl groups is 1. The van der Waals surface area contributed by atoms with E-state index < -0.39 is 12.0 Å². The van der Waals surface area contributed by atoms with Gasteiger partial charge in [0.25, 0.3) is 5.56 Å². The molecule has 34 heavy (non-hydrogen) atoms. The lowest BCUT2D eigenvalue weighted by Crippen LogP contribution is -2.39. The zero-order valence-electron chi connectivity index (χ0n) is 19.2. The van der Waals surface area contributed by atoms with E-state index in [1.54, 1.807) is 51.3 Å². The molecule has 2 heterocycles. The lowest BCUT2D eigenvalue weighted by molar-refractivity contribution is -0.139. The van der Waals surface area contributed by atoms with Gasteiger partial charge in [0.05, 0.1) is 42.7 Å². The van der Waals surface area contributed by atoms with Gasteiger partial charge in [-0.15, -0.1) is 0 Å². The van der Waals surface area contributed by atoms with Crippen LogP contribution in [0, 0.1) is 0 Å². The average Bonchev–Trinajstić information content (AvgIpc) is 3.13. The number of phenolic OH excluding ortho intramolecular Hbond substituents is 1. The first-order chi connectivity index (χ1) is 16.4. The maximum atomic E-state index is 13.6. The van der Waals surface area contributed by atoms with Crippen LogP contribution in [0.4, 0.5) is 0 Å². The first-order valence-corrected chi connectivity index (χ1v) is 11.4. The number of allylic oxidation sites excluding steroid dienone is 1. The number of carbonyl (C=O) groups excluding carboxylic acids is 1. The molecule has 0 amide bonds. The van der Waals surface area contributed by atoms with Crippen LogP contribution in [0.2, 0.25) is 0 Å². The van der Waals surface area contributed by atoms with Crippen molar-refractivity contribution in [3.8, 4) is 17.2 Å². The number of fused-ring (bicyclic) bond motifs is 1. The van der Waals surface area contributed by atoms with Crippen molar-refractivity contribution in [3.05, 3.63) is 84.5 Å². The third-order valence-corrected chi connectivity index (χ3v) is 6.43. The molecule has 3 aromatic rings. The van der Waals surface area contributed by atoms with Gasteiger partial charge in [-0.2, -0.15) is 0 Å². The van der Waals surface area contributed by atoms with Crippen molar-refractivity contribution in [1.82, 2.24) is 4.57 Å². The summed E-state index contributed by atoms with van der Waals surface area (Å²) in [7, 11) is 3.03. The Kier molecular flexibility index (Phi) is 6.56. The van der Waals surface area contributed by atoms with E-state index in [1.807, 2.05) is 12.1 Å². The average molecular weight is 481 g/mol. The Balaban J connectivity index is 1.93. The molecular formula is C25H24N2O6S. The van der Waals surface area contributed by atoms with Crippen molar-refractivity contribution in [2.24, 2.45) is 4.99 Å². The largest absolute Gasteiger partial charge is 0.504 e. The molecule has 0 aliphatic carbocycles. The Morgan fingerprint density at radius 3 is 2.56 bits per heavy atom. The maximum Gasteiger partial charge on any atom is 0.338 e. The monoisotopic (exact) mass is 480 g/mol. The van der Waals surface area contributed by atoms with Crippen LogP contribution in [-0.2, 0) is 9.53 Å². The Labute approximate surface area is 199 Å². The van der Waals surface area contributed by atoms with E-state index in [1.165, 1.54) is 29.1 Å². The molecule has 1 unspecified atom stereocenters. The van der Waals surface area contributed by atoms with Gasteiger partial charge in [0.15, 0.2) is 16.3 Å². The Bertz CT molecular complexity index is 1450. The van der Waals surface area contributed by atoms with Gasteiger partial charge in [-0.1, -0.05) is 29.5 Å². The van der Waals surface area contributed by atoms with E-state index in [4.69, 9.17) is 14.2 Å². The molecule has 0 bridgehead atoms. The summed E-state index contributed by atoms with van der Waals surface area (Å²) >= 11 is 1.23. The second kappa shape index (κ2) is 9.56. The summed E-state index contributed by atoms with van der Waals surface area (Å²) in [5, 5.41) is 9.87. The molecule has 0 saturated heterocycles. The second-order valence-electron chi connectivity index (χ2n) is 7.51. The molecule has 4 rings (SSSR count). The van der Waals surface area contributed by atoms with Gasteiger partial charge >= 0.3 is 5.97 Å². The van der Waals surface area contributed by atoms with Crippen LogP contribution in [0.1, 0.15) is 31.0 Å². The number of benzene rings is 2. The summed E-state index contributed by atoms with van der Waals surface area (Å²) in [5.41, 5.74) is 1.95. The zero-order valence-corrected chi connectivity index (χ0v) is 20.0. The molecule has 1 aromatic heterocycles. The van der Waals surface area contributed by atoms with Crippen LogP contribution < -0.4 is 24.4 Å². The lowest BCUT2D eigenvalue weighted by Gasteiger charge is -2.24. The van der Waals surface area contributed by atoms with Gasteiger partial charge in [0, 0.05) is 0 Å². The van der Waals surface area contributed by atoms with Crippen molar-refractivity contribution in [2.45, 2.75) is 19.9 Å². The van der Waals surface area contributed by atoms with E-state index >= 15 is 0 Å². The number of phenols is 1. The van der Waals surface area contributed by atoms with Crippen molar-refractivity contribution in [1.29, 1.82) is 0 Å². The highest BCUT2D eigenvalue weighted by molar-refractivity contribution is 7.07. The SMILES string of the molecule is CCOC(=O)C1=C(C)N=c2s/c(=C/c3ccc(O)c(OC)c3)c(=O)n2C1c1ccc(OC)cc1. The van der Waals surface area contributed by atoms with Gasteiger partial charge in [0.2, 0.25) is 0 Å². The normalized spacial score (nSPS) is 15.5. The summed E-state index contributed by atoms with van der Waals surface area (Å²) in [6.07, 6.45) is 1.71. The van der Waals surface area contributed by atoms with Crippen LogP contribution in [-0.4, -0.2) is 36.5 Å². The Morgan fingerprint density at radius 1 is 1.18 bits per heavy atom. The smallest absolute Gasteiger partial charge is 0.338 e. The number of hydrogen-bond donors (Lipinski definition) is 1. The number of thiazole rings is 1. The fraction of sp³-hybridized carbons (Fsp3) is 0.240. The molecule has 0 saturated carbocycles. The van der Waals surface area contributed by atoms with Crippen LogP contribution in [0.5, 0.6) is 17.2 Å². The number of ether oxygens (including phenoxy) is 3.